The number of rotatable bonds is 8. The van der Waals surface area contributed by atoms with Crippen LogP contribution in [0.25, 0.3) is 11.1 Å². The van der Waals surface area contributed by atoms with E-state index < -0.39 is 30.4 Å². The Morgan fingerprint density at radius 3 is 2.21 bits per heavy atom. The fourth-order valence-electron chi connectivity index (χ4n) is 4.54. The van der Waals surface area contributed by atoms with E-state index in [2.05, 4.69) is 11.2 Å². The van der Waals surface area contributed by atoms with Crippen LogP contribution in [0.3, 0.4) is 0 Å². The van der Waals surface area contributed by atoms with Crippen molar-refractivity contribution in [2.24, 2.45) is 0 Å². The van der Waals surface area contributed by atoms with Gasteiger partial charge in [0, 0.05) is 12.0 Å². The van der Waals surface area contributed by atoms with Crippen molar-refractivity contribution in [2.75, 3.05) is 13.2 Å². The quantitative estimate of drug-likeness (QED) is 0.606. The number of alkyl carbamates (subject to hydrolysis) is 1. The van der Waals surface area contributed by atoms with E-state index in [1.165, 1.54) is 4.90 Å². The van der Waals surface area contributed by atoms with Crippen LogP contribution < -0.4 is 5.32 Å². The number of hydrogen-bond donors (Lipinski definition) is 2. The number of benzene rings is 2. The zero-order valence-electron chi connectivity index (χ0n) is 18.2. The van der Waals surface area contributed by atoms with Crippen LogP contribution in [-0.2, 0) is 14.3 Å². The number of amides is 2. The molecule has 2 aliphatic rings. The molecule has 0 bridgehead atoms. The Morgan fingerprint density at radius 1 is 1.09 bits per heavy atom. The number of nitrogens with one attached hydrogen (secondary N) is 1. The summed E-state index contributed by atoms with van der Waals surface area (Å²) in [6, 6.07) is 14.7. The molecule has 0 spiro atoms. The van der Waals surface area contributed by atoms with Crippen LogP contribution in [0.15, 0.2) is 48.5 Å². The largest absolute Gasteiger partial charge is 0.481 e. The van der Waals surface area contributed by atoms with Gasteiger partial charge in [0.2, 0.25) is 5.91 Å². The first-order valence-electron chi connectivity index (χ1n) is 11.1. The van der Waals surface area contributed by atoms with Gasteiger partial charge in [-0.05, 0) is 41.5 Å². The molecule has 2 aromatic carbocycles. The topological polar surface area (TPSA) is 95.9 Å². The molecule has 170 valence electrons. The molecule has 0 aliphatic heterocycles. The third kappa shape index (κ3) is 4.70. The van der Waals surface area contributed by atoms with Crippen LogP contribution in [0.5, 0.6) is 0 Å². The van der Waals surface area contributed by atoms with E-state index in [1.807, 2.05) is 48.5 Å². The first kappa shape index (κ1) is 22.4. The fraction of sp³-hybridized carbons (Fsp3) is 0.346. The second kappa shape index (κ2) is 9.78. The minimum atomic E-state index is -1.24. The number of hydrogen-bond acceptors (Lipinski definition) is 4. The molecule has 0 saturated heterocycles. The van der Waals surface area contributed by atoms with E-state index in [9.17, 15) is 19.5 Å². The van der Waals surface area contributed by atoms with Crippen molar-refractivity contribution in [1.29, 1.82) is 0 Å². The smallest absolute Gasteiger partial charge is 0.407 e. The van der Waals surface area contributed by atoms with Gasteiger partial charge in [0.05, 0.1) is 13.0 Å². The Balaban J connectivity index is 1.44. The number of fused-ring (bicyclic) bond motifs is 3. The number of aliphatic carboxylic acids is 1. The van der Waals surface area contributed by atoms with E-state index in [0.717, 1.165) is 41.5 Å². The Hall–Kier alpha value is -3.79. The van der Waals surface area contributed by atoms with Crippen molar-refractivity contribution in [1.82, 2.24) is 10.2 Å². The molecule has 7 nitrogen and oxygen atoms in total. The molecule has 33 heavy (non-hydrogen) atoms. The average Bonchev–Trinajstić information content (AvgIpc) is 3.09. The van der Waals surface area contributed by atoms with E-state index in [1.54, 1.807) is 0 Å². The van der Waals surface area contributed by atoms with Gasteiger partial charge in [-0.2, -0.15) is 0 Å². The van der Waals surface area contributed by atoms with E-state index in [4.69, 9.17) is 11.2 Å². The summed E-state index contributed by atoms with van der Waals surface area (Å²) < 4.78 is 5.49. The van der Waals surface area contributed by atoms with E-state index >= 15 is 0 Å². The van der Waals surface area contributed by atoms with Crippen molar-refractivity contribution >= 4 is 18.0 Å². The SMILES string of the molecule is C#CCN(C(=O)C(CC(=O)O)NC(=O)OCC1c2ccccc2-c2ccccc21)C1CCC1. The van der Waals surface area contributed by atoms with Gasteiger partial charge in [0.15, 0.2) is 0 Å². The summed E-state index contributed by atoms with van der Waals surface area (Å²) in [4.78, 5) is 38.5. The van der Waals surface area contributed by atoms with Crippen molar-refractivity contribution in [2.45, 2.75) is 43.7 Å². The van der Waals surface area contributed by atoms with Gasteiger partial charge in [-0.3, -0.25) is 9.59 Å². The van der Waals surface area contributed by atoms with Crippen LogP contribution in [0, 0.1) is 12.3 Å². The second-order valence-corrected chi connectivity index (χ2v) is 8.38. The van der Waals surface area contributed by atoms with Crippen molar-refractivity contribution < 1.29 is 24.2 Å². The van der Waals surface area contributed by atoms with Crippen molar-refractivity contribution in [3.63, 3.8) is 0 Å². The highest BCUT2D eigenvalue weighted by Crippen LogP contribution is 2.44. The lowest BCUT2D eigenvalue weighted by Gasteiger charge is -2.38. The van der Waals surface area contributed by atoms with Gasteiger partial charge in [-0.15, -0.1) is 6.42 Å². The second-order valence-electron chi connectivity index (χ2n) is 8.38. The number of carbonyl (C=O) groups excluding carboxylic acids is 2. The predicted molar refractivity (Wildman–Crippen MR) is 122 cm³/mol. The highest BCUT2D eigenvalue weighted by atomic mass is 16.5. The number of carboxylic acid groups (broad SMARTS) is 1. The fourth-order valence-corrected chi connectivity index (χ4v) is 4.54. The van der Waals surface area contributed by atoms with Crippen LogP contribution in [0.4, 0.5) is 4.79 Å². The van der Waals surface area contributed by atoms with Gasteiger partial charge >= 0.3 is 12.1 Å². The van der Waals surface area contributed by atoms with Crippen molar-refractivity contribution in [3.05, 3.63) is 59.7 Å². The standard InChI is InChI=1S/C26H26N2O5/c1-2-14-28(17-8-7-9-17)25(31)23(15-24(29)30)27-26(32)33-16-22-20-12-5-3-10-18(20)19-11-4-6-13-21(19)22/h1,3-6,10-13,17,22-23H,7-9,14-16H2,(H,27,32)(H,29,30). The number of terminal acetylenes is 1. The normalized spacial score (nSPS) is 15.4. The molecule has 1 saturated carbocycles. The van der Waals surface area contributed by atoms with Gasteiger partial charge < -0.3 is 20.1 Å². The Labute approximate surface area is 192 Å². The molecule has 1 fully saturated rings. The minimum Gasteiger partial charge on any atom is -0.481 e. The molecule has 7 heteroatoms. The minimum absolute atomic E-state index is 0.0193. The lowest BCUT2D eigenvalue weighted by Crippen LogP contribution is -2.54. The lowest BCUT2D eigenvalue weighted by molar-refractivity contribution is -0.144. The first-order valence-corrected chi connectivity index (χ1v) is 11.1. The highest BCUT2D eigenvalue weighted by molar-refractivity contribution is 5.89. The highest BCUT2D eigenvalue weighted by Gasteiger charge is 2.35. The summed E-state index contributed by atoms with van der Waals surface area (Å²) in [5.41, 5.74) is 4.34. The average molecular weight is 447 g/mol. The number of nitrogens with zero attached hydrogens (tertiary/aromatic N) is 1. The maximum Gasteiger partial charge on any atom is 0.407 e. The molecule has 0 radical (unpaired) electrons. The summed E-state index contributed by atoms with van der Waals surface area (Å²) in [5, 5.41) is 11.7. The molecule has 2 N–H and O–H groups in total. The molecule has 0 heterocycles. The molecular formula is C26H26N2O5. The van der Waals surface area contributed by atoms with Crippen LogP contribution >= 0.6 is 0 Å². The summed E-state index contributed by atoms with van der Waals surface area (Å²) in [5.74, 6) is 0.634. The molecule has 1 atom stereocenters. The number of ether oxygens (including phenoxy) is 1. The molecule has 2 aliphatic carbocycles. The van der Waals surface area contributed by atoms with Crippen LogP contribution in [0.1, 0.15) is 42.7 Å². The zero-order chi connectivity index (χ0) is 23.4. The molecule has 0 aromatic heterocycles. The lowest BCUT2D eigenvalue weighted by atomic mass is 9.91. The Bertz CT molecular complexity index is 1060. The number of carboxylic acids is 1. The Morgan fingerprint density at radius 2 is 1.70 bits per heavy atom. The molecule has 2 amide bonds. The van der Waals surface area contributed by atoms with Crippen molar-refractivity contribution in [3.8, 4) is 23.5 Å². The van der Waals surface area contributed by atoms with Crippen LogP contribution in [0.2, 0.25) is 0 Å². The predicted octanol–water partition coefficient (Wildman–Crippen LogP) is 3.38. The third-order valence-electron chi connectivity index (χ3n) is 6.37. The van der Waals surface area contributed by atoms with Gasteiger partial charge in [-0.25, -0.2) is 4.79 Å². The monoisotopic (exact) mass is 446 g/mol. The molecular weight excluding hydrogens is 420 g/mol. The maximum absolute atomic E-state index is 13.0. The summed E-state index contributed by atoms with van der Waals surface area (Å²) in [7, 11) is 0. The molecule has 2 aromatic rings. The van der Waals surface area contributed by atoms with Gasteiger partial charge in [0.1, 0.15) is 12.6 Å². The van der Waals surface area contributed by atoms with Gasteiger partial charge in [0.25, 0.3) is 0 Å². The van der Waals surface area contributed by atoms with E-state index in [-0.39, 0.29) is 25.1 Å². The molecule has 1 unspecified atom stereocenters. The Kier molecular flexibility index (Phi) is 6.64. The summed E-state index contributed by atoms with van der Waals surface area (Å²) >= 11 is 0. The van der Waals surface area contributed by atoms with Gasteiger partial charge in [-0.1, -0.05) is 54.5 Å². The van der Waals surface area contributed by atoms with E-state index in [0.29, 0.717) is 0 Å². The summed E-state index contributed by atoms with van der Waals surface area (Å²) in [6.45, 7) is 0.149. The van der Waals surface area contributed by atoms with Crippen LogP contribution in [-0.4, -0.2) is 53.2 Å². The first-order chi connectivity index (χ1) is 16.0. The zero-order valence-corrected chi connectivity index (χ0v) is 18.2. The molecule has 4 rings (SSSR count). The number of carbonyl (C=O) groups is 3. The summed E-state index contributed by atoms with van der Waals surface area (Å²) in [6.07, 6.45) is 6.66. The maximum atomic E-state index is 13.0. The third-order valence-corrected chi connectivity index (χ3v) is 6.37.